The van der Waals surface area contributed by atoms with Crippen molar-refractivity contribution in [1.29, 1.82) is 0 Å². The van der Waals surface area contributed by atoms with Crippen molar-refractivity contribution < 1.29 is 9.90 Å². The molecule has 5 nitrogen and oxygen atoms in total. The lowest BCUT2D eigenvalue weighted by Gasteiger charge is -2.08. The van der Waals surface area contributed by atoms with Crippen LogP contribution in [0.15, 0.2) is 48.7 Å². The molecule has 22 heavy (non-hydrogen) atoms. The SMILES string of the molecule is Cc1ccc(-c2c(C(=O)O)c(C)nn2-c2ccccn2)cc1. The van der Waals surface area contributed by atoms with E-state index in [-0.39, 0.29) is 5.56 Å². The molecule has 0 aliphatic rings. The van der Waals surface area contributed by atoms with E-state index in [2.05, 4.69) is 10.1 Å². The minimum absolute atomic E-state index is 0.203. The van der Waals surface area contributed by atoms with E-state index >= 15 is 0 Å². The first-order valence-electron chi connectivity index (χ1n) is 6.89. The molecule has 110 valence electrons. The van der Waals surface area contributed by atoms with Crippen molar-refractivity contribution >= 4 is 5.97 Å². The van der Waals surface area contributed by atoms with E-state index in [1.54, 1.807) is 23.9 Å². The van der Waals surface area contributed by atoms with Crippen LogP contribution in [0.3, 0.4) is 0 Å². The Labute approximate surface area is 127 Å². The van der Waals surface area contributed by atoms with Gasteiger partial charge in [0.2, 0.25) is 0 Å². The first-order chi connectivity index (χ1) is 10.6. The molecule has 3 aromatic rings. The van der Waals surface area contributed by atoms with Gasteiger partial charge in [-0.05, 0) is 26.0 Å². The summed E-state index contributed by atoms with van der Waals surface area (Å²) < 4.78 is 1.59. The van der Waals surface area contributed by atoms with Crippen LogP contribution < -0.4 is 0 Å². The van der Waals surface area contributed by atoms with Crippen molar-refractivity contribution in [3.63, 3.8) is 0 Å². The Kier molecular flexibility index (Phi) is 3.47. The molecule has 0 saturated carbocycles. The fourth-order valence-corrected chi connectivity index (χ4v) is 2.41. The Morgan fingerprint density at radius 1 is 1.09 bits per heavy atom. The molecule has 0 unspecified atom stereocenters. The summed E-state index contributed by atoms with van der Waals surface area (Å²) in [6, 6.07) is 13.2. The summed E-state index contributed by atoms with van der Waals surface area (Å²) in [7, 11) is 0. The number of aromatic nitrogens is 3. The summed E-state index contributed by atoms with van der Waals surface area (Å²) >= 11 is 0. The van der Waals surface area contributed by atoms with Crippen LogP contribution in [0, 0.1) is 13.8 Å². The largest absolute Gasteiger partial charge is 0.478 e. The molecule has 0 bridgehead atoms. The number of nitrogens with zero attached hydrogens (tertiary/aromatic N) is 3. The van der Waals surface area contributed by atoms with Crippen molar-refractivity contribution in [2.24, 2.45) is 0 Å². The second-order valence-electron chi connectivity index (χ2n) is 5.08. The predicted molar refractivity (Wildman–Crippen MR) is 83.2 cm³/mol. The number of benzene rings is 1. The smallest absolute Gasteiger partial charge is 0.339 e. The number of carboxylic acids is 1. The van der Waals surface area contributed by atoms with Crippen LogP contribution in [0.1, 0.15) is 21.6 Å². The van der Waals surface area contributed by atoms with Crippen molar-refractivity contribution in [3.8, 4) is 17.1 Å². The Balaban J connectivity index is 2.30. The van der Waals surface area contributed by atoms with Crippen LogP contribution in [-0.2, 0) is 0 Å². The summed E-state index contributed by atoms with van der Waals surface area (Å²) in [5, 5.41) is 13.9. The van der Waals surface area contributed by atoms with Crippen molar-refractivity contribution in [3.05, 3.63) is 65.5 Å². The summed E-state index contributed by atoms with van der Waals surface area (Å²) in [5.41, 5.74) is 3.13. The van der Waals surface area contributed by atoms with E-state index in [0.717, 1.165) is 11.1 Å². The molecular weight excluding hydrogens is 278 g/mol. The molecule has 2 aromatic heterocycles. The maximum atomic E-state index is 11.7. The predicted octanol–water partition coefficient (Wildman–Crippen LogP) is 3.25. The lowest BCUT2D eigenvalue weighted by molar-refractivity contribution is 0.0697. The average Bonchev–Trinajstić information content (AvgIpc) is 2.86. The zero-order chi connectivity index (χ0) is 15.7. The minimum atomic E-state index is -0.991. The standard InChI is InChI=1S/C17H15N3O2/c1-11-6-8-13(9-7-11)16-15(17(21)22)12(2)19-20(16)14-5-3-4-10-18-14/h3-10H,1-2H3,(H,21,22). The Hall–Kier alpha value is -2.95. The van der Waals surface area contributed by atoms with Gasteiger partial charge in [0.25, 0.3) is 0 Å². The van der Waals surface area contributed by atoms with Gasteiger partial charge in [0, 0.05) is 11.8 Å². The highest BCUT2D eigenvalue weighted by molar-refractivity contribution is 5.96. The fourth-order valence-electron chi connectivity index (χ4n) is 2.41. The second-order valence-corrected chi connectivity index (χ2v) is 5.08. The number of hydrogen-bond acceptors (Lipinski definition) is 3. The van der Waals surface area contributed by atoms with Gasteiger partial charge in [-0.3, -0.25) is 0 Å². The third-order valence-electron chi connectivity index (χ3n) is 3.47. The van der Waals surface area contributed by atoms with E-state index < -0.39 is 5.97 Å². The molecule has 0 saturated heterocycles. The quantitative estimate of drug-likeness (QED) is 0.805. The second kappa shape index (κ2) is 5.44. The number of hydrogen-bond donors (Lipinski definition) is 1. The van der Waals surface area contributed by atoms with Gasteiger partial charge >= 0.3 is 5.97 Å². The van der Waals surface area contributed by atoms with Gasteiger partial charge in [0.15, 0.2) is 5.82 Å². The molecule has 1 aromatic carbocycles. The number of aromatic carboxylic acids is 1. The Morgan fingerprint density at radius 2 is 1.82 bits per heavy atom. The van der Waals surface area contributed by atoms with E-state index in [1.807, 2.05) is 43.3 Å². The highest BCUT2D eigenvalue weighted by Gasteiger charge is 2.23. The zero-order valence-corrected chi connectivity index (χ0v) is 12.3. The average molecular weight is 293 g/mol. The molecule has 0 spiro atoms. The van der Waals surface area contributed by atoms with Crippen LogP contribution in [0.25, 0.3) is 17.1 Å². The van der Waals surface area contributed by atoms with E-state index in [1.165, 1.54) is 0 Å². The summed E-state index contributed by atoms with van der Waals surface area (Å²) in [5.74, 6) is -0.399. The first-order valence-corrected chi connectivity index (χ1v) is 6.89. The molecule has 1 N–H and O–H groups in total. The number of aryl methyl sites for hydroxylation is 2. The van der Waals surface area contributed by atoms with Crippen molar-refractivity contribution in [1.82, 2.24) is 14.8 Å². The molecule has 0 aliphatic carbocycles. The molecule has 0 fully saturated rings. The molecule has 0 radical (unpaired) electrons. The van der Waals surface area contributed by atoms with E-state index in [4.69, 9.17) is 0 Å². The van der Waals surface area contributed by atoms with Crippen molar-refractivity contribution in [2.45, 2.75) is 13.8 Å². The molecule has 2 heterocycles. The molecular formula is C17H15N3O2. The lowest BCUT2D eigenvalue weighted by Crippen LogP contribution is -2.04. The van der Waals surface area contributed by atoms with Gasteiger partial charge in [-0.25, -0.2) is 14.5 Å². The van der Waals surface area contributed by atoms with Gasteiger partial charge in [-0.15, -0.1) is 0 Å². The fraction of sp³-hybridized carbons (Fsp3) is 0.118. The van der Waals surface area contributed by atoms with Gasteiger partial charge in [-0.2, -0.15) is 5.10 Å². The molecule has 0 aliphatic heterocycles. The summed E-state index contributed by atoms with van der Waals surface area (Å²) in [6.07, 6.45) is 1.66. The van der Waals surface area contributed by atoms with Crippen LogP contribution in [0.4, 0.5) is 0 Å². The van der Waals surface area contributed by atoms with E-state index in [0.29, 0.717) is 17.2 Å². The topological polar surface area (TPSA) is 68.0 Å². The van der Waals surface area contributed by atoms with Gasteiger partial charge < -0.3 is 5.11 Å². The van der Waals surface area contributed by atoms with Gasteiger partial charge in [0.1, 0.15) is 5.56 Å². The van der Waals surface area contributed by atoms with Crippen molar-refractivity contribution in [2.75, 3.05) is 0 Å². The molecule has 0 amide bonds. The first kappa shape index (κ1) is 14.0. The number of carboxylic acid groups (broad SMARTS) is 1. The zero-order valence-electron chi connectivity index (χ0n) is 12.3. The third-order valence-corrected chi connectivity index (χ3v) is 3.47. The lowest BCUT2D eigenvalue weighted by atomic mass is 10.0. The molecule has 0 atom stereocenters. The number of carbonyl (C=O) groups is 1. The molecule has 3 rings (SSSR count). The number of rotatable bonds is 3. The van der Waals surface area contributed by atoms with E-state index in [9.17, 15) is 9.90 Å². The summed E-state index contributed by atoms with van der Waals surface area (Å²) in [6.45, 7) is 3.68. The van der Waals surface area contributed by atoms with Gasteiger partial charge in [-0.1, -0.05) is 35.9 Å². The third kappa shape index (κ3) is 2.37. The Bertz CT molecular complexity index is 821. The minimum Gasteiger partial charge on any atom is -0.478 e. The Morgan fingerprint density at radius 3 is 2.41 bits per heavy atom. The monoisotopic (exact) mass is 293 g/mol. The van der Waals surface area contributed by atoms with Crippen LogP contribution in [0.2, 0.25) is 0 Å². The maximum Gasteiger partial charge on any atom is 0.339 e. The highest BCUT2D eigenvalue weighted by Crippen LogP contribution is 2.28. The molecule has 5 heteroatoms. The highest BCUT2D eigenvalue weighted by atomic mass is 16.4. The van der Waals surface area contributed by atoms with Gasteiger partial charge in [0.05, 0.1) is 11.4 Å². The summed E-state index contributed by atoms with van der Waals surface area (Å²) in [4.78, 5) is 15.9. The van der Waals surface area contributed by atoms with Crippen LogP contribution in [-0.4, -0.2) is 25.8 Å². The van der Waals surface area contributed by atoms with Crippen LogP contribution in [0.5, 0.6) is 0 Å². The normalized spacial score (nSPS) is 10.6. The van der Waals surface area contributed by atoms with Crippen LogP contribution >= 0.6 is 0 Å². The maximum absolute atomic E-state index is 11.7. The number of pyridine rings is 1.